The molecule has 9 heteroatoms. The Morgan fingerprint density at radius 1 is 1.31 bits per heavy atom. The van der Waals surface area contributed by atoms with Gasteiger partial charge in [-0.15, -0.1) is 0 Å². The lowest BCUT2D eigenvalue weighted by Crippen LogP contribution is -2.45. The van der Waals surface area contributed by atoms with E-state index in [9.17, 15) is 0 Å². The van der Waals surface area contributed by atoms with Crippen molar-refractivity contribution in [1.29, 1.82) is 0 Å². The van der Waals surface area contributed by atoms with E-state index < -0.39 is 11.9 Å². The van der Waals surface area contributed by atoms with Crippen molar-refractivity contribution >= 4 is 26.8 Å². The summed E-state index contributed by atoms with van der Waals surface area (Å²) in [5.74, 6) is -0.170. The summed E-state index contributed by atoms with van der Waals surface area (Å²) in [6, 6.07) is 4.57. The summed E-state index contributed by atoms with van der Waals surface area (Å²) >= 11 is 3.53. The van der Waals surface area contributed by atoms with Gasteiger partial charge >= 0.3 is 0 Å². The Balaban J connectivity index is 1.64. The number of allylic oxidation sites excluding steroid dienone is 2. The van der Waals surface area contributed by atoms with Crippen LogP contribution in [-0.4, -0.2) is 58.0 Å². The molecule has 3 heterocycles. The number of aromatic nitrogens is 3. The fraction of sp³-hybridized carbons (Fsp3) is 0.304. The molecule has 168 valence electrons. The number of piperazine rings is 1. The minimum Gasteiger partial charge on any atom is -0.435 e. The van der Waals surface area contributed by atoms with Crippen molar-refractivity contribution in [3.8, 4) is 11.6 Å². The zero-order valence-electron chi connectivity index (χ0n) is 18.1. The fourth-order valence-electron chi connectivity index (χ4n) is 3.86. The van der Waals surface area contributed by atoms with E-state index in [0.29, 0.717) is 21.1 Å². The van der Waals surface area contributed by atoms with Crippen molar-refractivity contribution in [1.82, 2.24) is 24.8 Å². The molecule has 4 rings (SSSR count). The Morgan fingerprint density at radius 2 is 2.06 bits per heavy atom. The highest BCUT2D eigenvalue weighted by Crippen LogP contribution is 2.36. The van der Waals surface area contributed by atoms with Crippen LogP contribution in [0.1, 0.15) is 17.4 Å². The third kappa shape index (κ3) is 4.41. The van der Waals surface area contributed by atoms with E-state index in [1.165, 1.54) is 6.33 Å². The first-order chi connectivity index (χ1) is 15.4. The van der Waals surface area contributed by atoms with Crippen molar-refractivity contribution in [3.05, 3.63) is 70.6 Å². The number of nitrogens with zero attached hydrogens (tertiary/aromatic N) is 4. The minimum absolute atomic E-state index is 0.0800. The van der Waals surface area contributed by atoms with Crippen LogP contribution in [0.2, 0.25) is 0 Å². The summed E-state index contributed by atoms with van der Waals surface area (Å²) in [5, 5.41) is 0.466. The Hall–Kier alpha value is -2.75. The monoisotopic (exact) mass is 500 g/mol. The van der Waals surface area contributed by atoms with Crippen molar-refractivity contribution < 1.29 is 9.13 Å². The van der Waals surface area contributed by atoms with Gasteiger partial charge < -0.3 is 25.3 Å². The van der Waals surface area contributed by atoms with Crippen LogP contribution in [0.3, 0.4) is 0 Å². The van der Waals surface area contributed by atoms with E-state index in [0.717, 1.165) is 37.6 Å². The molecule has 3 aromatic rings. The average Bonchev–Trinajstić information content (AvgIpc) is 3.17. The molecule has 7 nitrogen and oxygen atoms in total. The number of fused-ring (bicyclic) bond motifs is 1. The number of halogens is 2. The number of nitrogens with one attached hydrogen (secondary N) is 1. The van der Waals surface area contributed by atoms with Gasteiger partial charge in [-0.05, 0) is 54.2 Å². The zero-order valence-corrected chi connectivity index (χ0v) is 19.7. The van der Waals surface area contributed by atoms with Crippen molar-refractivity contribution in [2.75, 3.05) is 33.2 Å². The molecule has 2 aromatic heterocycles. The number of H-pyrrole nitrogens is 1. The number of benzene rings is 1. The van der Waals surface area contributed by atoms with Crippen LogP contribution in [0, 0.1) is 12.7 Å². The molecule has 32 heavy (non-hydrogen) atoms. The maximum atomic E-state index is 15.0. The smallest absolute Gasteiger partial charge is 0.237 e. The SMILES string of the molecule is C=C/C=C(\C(N)c1ncnc(Oc2ccc3[nH]c(C)cc3c2F)c1Br)N1CCN(C)CC1. The van der Waals surface area contributed by atoms with Gasteiger partial charge in [-0.25, -0.2) is 14.4 Å². The molecule has 1 unspecified atom stereocenters. The standard InChI is InChI=1S/C23H26BrFN6O/c1-4-5-17(31-10-8-30(3)9-11-31)21(26)22-19(24)23(28-13-27-22)32-18-7-6-16-15(20(18)25)12-14(2)29-16/h4-7,12-13,21,29H,1,8-11,26H2,2-3H3/b17-5+. The highest BCUT2D eigenvalue weighted by Gasteiger charge is 2.26. The van der Waals surface area contributed by atoms with E-state index in [1.807, 2.05) is 13.0 Å². The van der Waals surface area contributed by atoms with Gasteiger partial charge in [-0.2, -0.15) is 0 Å². The first-order valence-corrected chi connectivity index (χ1v) is 11.2. The molecular formula is C23H26BrFN6O. The highest BCUT2D eigenvalue weighted by atomic mass is 79.9. The summed E-state index contributed by atoms with van der Waals surface area (Å²) in [7, 11) is 2.10. The Morgan fingerprint density at radius 3 is 2.78 bits per heavy atom. The van der Waals surface area contributed by atoms with Crippen molar-refractivity contribution in [3.63, 3.8) is 0 Å². The van der Waals surface area contributed by atoms with Crippen molar-refractivity contribution in [2.24, 2.45) is 5.73 Å². The molecule has 0 radical (unpaired) electrons. The average molecular weight is 501 g/mol. The molecule has 0 saturated carbocycles. The zero-order chi connectivity index (χ0) is 22.8. The van der Waals surface area contributed by atoms with Gasteiger partial charge in [-0.1, -0.05) is 12.7 Å². The molecule has 1 fully saturated rings. The topological polar surface area (TPSA) is 83.3 Å². The molecule has 0 bridgehead atoms. The van der Waals surface area contributed by atoms with Gasteiger partial charge in [0.2, 0.25) is 5.88 Å². The van der Waals surface area contributed by atoms with Crippen molar-refractivity contribution in [2.45, 2.75) is 13.0 Å². The summed E-state index contributed by atoms with van der Waals surface area (Å²) in [6.07, 6.45) is 5.01. The molecule has 3 N–H and O–H groups in total. The van der Waals surface area contributed by atoms with Gasteiger partial charge in [0, 0.05) is 48.5 Å². The van der Waals surface area contributed by atoms with E-state index in [-0.39, 0.29) is 11.6 Å². The first-order valence-electron chi connectivity index (χ1n) is 10.4. The second kappa shape index (κ2) is 9.40. The normalized spacial score (nSPS) is 16.4. The summed E-state index contributed by atoms with van der Waals surface area (Å²) in [4.78, 5) is 16.2. The Labute approximate surface area is 194 Å². The number of ether oxygens (including phenoxy) is 1. The largest absolute Gasteiger partial charge is 0.435 e. The van der Waals surface area contributed by atoms with Gasteiger partial charge in [0.25, 0.3) is 0 Å². The number of hydrogen-bond acceptors (Lipinski definition) is 6. The maximum absolute atomic E-state index is 15.0. The Kier molecular flexibility index (Phi) is 6.59. The van der Waals surface area contributed by atoms with Gasteiger partial charge in [0.1, 0.15) is 10.8 Å². The molecule has 1 aromatic carbocycles. The van der Waals surface area contributed by atoms with Crippen LogP contribution in [0.5, 0.6) is 11.6 Å². The van der Waals surface area contributed by atoms with E-state index in [2.05, 4.69) is 54.3 Å². The number of aryl methyl sites for hydroxylation is 1. The highest BCUT2D eigenvalue weighted by molar-refractivity contribution is 9.10. The molecule has 1 atom stereocenters. The van der Waals surface area contributed by atoms with Gasteiger partial charge in [0.15, 0.2) is 11.6 Å². The van der Waals surface area contributed by atoms with Crippen LogP contribution in [0.4, 0.5) is 4.39 Å². The van der Waals surface area contributed by atoms with Gasteiger partial charge in [-0.3, -0.25) is 0 Å². The minimum atomic E-state index is -0.532. The maximum Gasteiger partial charge on any atom is 0.237 e. The summed E-state index contributed by atoms with van der Waals surface area (Å²) in [6.45, 7) is 9.32. The third-order valence-electron chi connectivity index (χ3n) is 5.60. The van der Waals surface area contributed by atoms with Crippen LogP contribution in [0.15, 0.2) is 53.4 Å². The van der Waals surface area contributed by atoms with E-state index in [1.54, 1.807) is 24.3 Å². The van der Waals surface area contributed by atoms with Crippen LogP contribution in [-0.2, 0) is 0 Å². The quantitative estimate of drug-likeness (QED) is 0.491. The lowest BCUT2D eigenvalue weighted by Gasteiger charge is -2.37. The van der Waals surface area contributed by atoms with Gasteiger partial charge in [0.05, 0.1) is 11.7 Å². The lowest BCUT2D eigenvalue weighted by molar-refractivity contribution is 0.179. The predicted octanol–water partition coefficient (Wildman–Crippen LogP) is 4.28. The number of aromatic amines is 1. The molecule has 1 aliphatic heterocycles. The summed E-state index contributed by atoms with van der Waals surface area (Å²) < 4.78 is 21.3. The number of nitrogens with two attached hydrogens (primary N) is 1. The van der Waals surface area contributed by atoms with E-state index >= 15 is 4.39 Å². The molecule has 1 aliphatic rings. The van der Waals surface area contributed by atoms with Crippen LogP contribution >= 0.6 is 15.9 Å². The van der Waals surface area contributed by atoms with Crippen LogP contribution in [0.25, 0.3) is 10.9 Å². The second-order valence-corrected chi connectivity index (χ2v) is 8.66. The summed E-state index contributed by atoms with van der Waals surface area (Å²) in [5.41, 5.74) is 9.69. The third-order valence-corrected chi connectivity index (χ3v) is 6.34. The van der Waals surface area contributed by atoms with E-state index in [4.69, 9.17) is 10.5 Å². The number of hydrogen-bond donors (Lipinski definition) is 2. The molecule has 0 amide bonds. The second-order valence-electron chi connectivity index (χ2n) is 7.87. The molecule has 0 aliphatic carbocycles. The number of rotatable bonds is 6. The Bertz CT molecular complexity index is 1170. The predicted molar refractivity (Wildman–Crippen MR) is 127 cm³/mol. The number of likely N-dealkylation sites (N-methyl/N-ethyl adjacent to an activating group) is 1. The lowest BCUT2D eigenvalue weighted by atomic mass is 10.1. The van der Waals surface area contributed by atoms with Crippen LogP contribution < -0.4 is 10.5 Å². The first kappa shape index (κ1) is 22.4. The fourth-order valence-corrected chi connectivity index (χ4v) is 4.39. The molecule has 0 spiro atoms. The molecular weight excluding hydrogens is 475 g/mol. The molecule has 1 saturated heterocycles.